The second-order valence-electron chi connectivity index (χ2n) is 9.49. The van der Waals surface area contributed by atoms with E-state index in [4.69, 9.17) is 0 Å². The molecule has 3 rings (SSSR count). The number of rotatable bonds is 14. The van der Waals surface area contributed by atoms with Gasteiger partial charge in [0.15, 0.2) is 5.49 Å². The Morgan fingerprint density at radius 3 is 2.56 bits per heavy atom. The van der Waals surface area contributed by atoms with E-state index >= 15 is 4.39 Å². The van der Waals surface area contributed by atoms with Crippen LogP contribution >= 0.6 is 0 Å². The van der Waals surface area contributed by atoms with Crippen LogP contribution in [0.15, 0.2) is 126 Å². The lowest BCUT2D eigenvalue weighted by Crippen LogP contribution is -2.43. The highest BCUT2D eigenvalue weighted by Gasteiger charge is 2.21. The minimum atomic E-state index is -0.377. The monoisotopic (exact) mass is 522 g/mol. The largest absolute Gasteiger partial charge is 0.359 e. The fourth-order valence-electron chi connectivity index (χ4n) is 4.38. The van der Waals surface area contributed by atoms with Crippen LogP contribution in [-0.4, -0.2) is 4.98 Å². The number of nitrogens with zero attached hydrogens (tertiary/aromatic N) is 2. The van der Waals surface area contributed by atoms with Gasteiger partial charge in [-0.05, 0) is 74.5 Å². The number of unbranched alkanes of at least 4 members (excludes halogenated alkanes) is 1. The molecule has 0 amide bonds. The van der Waals surface area contributed by atoms with Crippen LogP contribution in [0.4, 0.5) is 4.39 Å². The Balaban J connectivity index is 1.92. The number of pyridine rings is 1. The van der Waals surface area contributed by atoms with Crippen molar-refractivity contribution in [2.24, 2.45) is 4.99 Å². The average Bonchev–Trinajstić information content (AvgIpc) is 3.43. The summed E-state index contributed by atoms with van der Waals surface area (Å²) in [7, 11) is 0. The van der Waals surface area contributed by atoms with Crippen LogP contribution in [0.25, 0.3) is 11.3 Å². The molecule has 0 atom stereocenters. The Morgan fingerprint density at radius 1 is 1.18 bits per heavy atom. The van der Waals surface area contributed by atoms with Crippen LogP contribution in [0.3, 0.4) is 0 Å². The van der Waals surface area contributed by atoms with Crippen molar-refractivity contribution in [1.29, 1.82) is 0 Å². The molecule has 0 unspecified atom stereocenters. The van der Waals surface area contributed by atoms with E-state index in [1.807, 2.05) is 39.0 Å². The molecule has 0 fully saturated rings. The van der Waals surface area contributed by atoms with Gasteiger partial charge in [0, 0.05) is 28.9 Å². The summed E-state index contributed by atoms with van der Waals surface area (Å²) in [5, 5.41) is 6.98. The van der Waals surface area contributed by atoms with Crippen molar-refractivity contribution in [3.05, 3.63) is 143 Å². The lowest BCUT2D eigenvalue weighted by molar-refractivity contribution is 0.603. The first kappa shape index (κ1) is 29.3. The number of halogens is 1. The van der Waals surface area contributed by atoms with E-state index < -0.39 is 0 Å². The van der Waals surface area contributed by atoms with Gasteiger partial charge < -0.3 is 10.6 Å². The SMILES string of the molecule is C=C/C=C(C1=CCC=C1)\C(C)=C(/C)NC(=C)C1=c2c(F)c(C(/C=C(\C=C)NC(=C)CCCC)=C/C)cnc2=N1. The van der Waals surface area contributed by atoms with E-state index in [-0.39, 0.29) is 5.82 Å². The van der Waals surface area contributed by atoms with E-state index in [2.05, 4.69) is 72.1 Å². The second kappa shape index (κ2) is 13.5. The molecule has 0 saturated heterocycles. The summed E-state index contributed by atoms with van der Waals surface area (Å²) >= 11 is 0. The number of fused-ring (bicyclic) bond motifs is 1. The maximum absolute atomic E-state index is 15.9. The third-order valence-electron chi connectivity index (χ3n) is 6.71. The minimum absolute atomic E-state index is 0.368. The summed E-state index contributed by atoms with van der Waals surface area (Å²) in [4.78, 5) is 8.84. The molecule has 39 heavy (non-hydrogen) atoms. The molecule has 1 aromatic rings. The van der Waals surface area contributed by atoms with Crippen molar-refractivity contribution in [1.82, 2.24) is 15.6 Å². The van der Waals surface area contributed by atoms with Gasteiger partial charge in [-0.1, -0.05) is 76.1 Å². The first-order chi connectivity index (χ1) is 18.7. The second-order valence-corrected chi connectivity index (χ2v) is 9.49. The summed E-state index contributed by atoms with van der Waals surface area (Å²) in [5.41, 5.74) is 8.25. The molecule has 0 radical (unpaired) electrons. The Bertz CT molecular complexity index is 1510. The van der Waals surface area contributed by atoms with Crippen molar-refractivity contribution in [3.8, 4) is 0 Å². The maximum atomic E-state index is 15.9. The highest BCUT2D eigenvalue weighted by Crippen LogP contribution is 2.27. The molecule has 2 aliphatic rings. The summed E-state index contributed by atoms with van der Waals surface area (Å²) in [5.74, 6) is -0.377. The highest BCUT2D eigenvalue weighted by atomic mass is 19.1. The van der Waals surface area contributed by atoms with Crippen LogP contribution < -0.4 is 21.3 Å². The minimum Gasteiger partial charge on any atom is -0.359 e. The van der Waals surface area contributed by atoms with Gasteiger partial charge in [0.05, 0.1) is 10.9 Å². The molecular weight excluding hydrogens is 483 g/mol. The molecular formula is C34H39FN4. The third kappa shape index (κ3) is 6.80. The molecule has 0 saturated carbocycles. The van der Waals surface area contributed by atoms with Crippen molar-refractivity contribution in [2.75, 3.05) is 0 Å². The smallest absolute Gasteiger partial charge is 0.165 e. The van der Waals surface area contributed by atoms with Gasteiger partial charge in [0.1, 0.15) is 11.5 Å². The maximum Gasteiger partial charge on any atom is 0.165 e. The molecule has 0 bridgehead atoms. The van der Waals surface area contributed by atoms with E-state index in [1.165, 1.54) is 6.20 Å². The van der Waals surface area contributed by atoms with Crippen LogP contribution in [0.1, 0.15) is 58.9 Å². The van der Waals surface area contributed by atoms with Gasteiger partial charge in [0.2, 0.25) is 0 Å². The molecule has 1 aliphatic carbocycles. The van der Waals surface area contributed by atoms with E-state index in [9.17, 15) is 0 Å². The van der Waals surface area contributed by atoms with Gasteiger partial charge in [-0.15, -0.1) is 0 Å². The molecule has 5 heteroatoms. The van der Waals surface area contributed by atoms with Crippen molar-refractivity contribution >= 4 is 11.3 Å². The average molecular weight is 523 g/mol. The number of aromatic nitrogens is 1. The molecule has 0 spiro atoms. The van der Waals surface area contributed by atoms with Crippen LogP contribution in [0, 0.1) is 5.82 Å². The Kier molecular flexibility index (Phi) is 10.2. The fraction of sp³-hybridized carbons (Fsp3) is 0.235. The van der Waals surface area contributed by atoms with Crippen molar-refractivity contribution in [2.45, 2.75) is 53.4 Å². The molecule has 202 valence electrons. The third-order valence-corrected chi connectivity index (χ3v) is 6.71. The first-order valence-corrected chi connectivity index (χ1v) is 13.3. The number of nitrogens with one attached hydrogen (secondary N) is 2. The number of allylic oxidation sites excluding steroid dienone is 14. The predicted molar refractivity (Wildman–Crippen MR) is 163 cm³/mol. The van der Waals surface area contributed by atoms with Gasteiger partial charge >= 0.3 is 0 Å². The van der Waals surface area contributed by atoms with Gasteiger partial charge in [-0.3, -0.25) is 0 Å². The molecule has 4 nitrogen and oxygen atoms in total. The topological polar surface area (TPSA) is 49.3 Å². The standard InChI is InChI=1S/C34H39FN4/c1-9-13-17-22(5)37-28(12-4)20-26(11-3)30-21-36-34-31(32(30)35)33(39-34)25(8)38-24(7)23(6)29(16-10-2)27-18-14-15-19-27/h10-12,14,16,18-21,37-38H,2,4-5,8-9,13,15,17H2,1,3,6-7H3/b24-23+,26-11+,28-20+,29-16+. The molecule has 2 N–H and O–H groups in total. The highest BCUT2D eigenvalue weighted by molar-refractivity contribution is 5.76. The Hall–Kier alpha value is -4.25. The van der Waals surface area contributed by atoms with Gasteiger partial charge in [-0.25, -0.2) is 14.4 Å². The zero-order valence-electron chi connectivity index (χ0n) is 23.6. The number of hydrogen-bond donors (Lipinski definition) is 2. The molecule has 0 aromatic carbocycles. The normalized spacial score (nSPS) is 15.5. The Labute approximate surface area is 232 Å². The molecule has 1 aromatic heterocycles. The van der Waals surface area contributed by atoms with Crippen LogP contribution in [-0.2, 0) is 0 Å². The summed E-state index contributed by atoms with van der Waals surface area (Å²) < 4.78 is 15.9. The zero-order valence-corrected chi connectivity index (χ0v) is 23.6. The van der Waals surface area contributed by atoms with E-state index in [0.717, 1.165) is 59.5 Å². The van der Waals surface area contributed by atoms with Gasteiger partial charge in [0.25, 0.3) is 0 Å². The van der Waals surface area contributed by atoms with Crippen molar-refractivity contribution < 1.29 is 4.39 Å². The van der Waals surface area contributed by atoms with E-state index in [1.54, 1.807) is 12.2 Å². The van der Waals surface area contributed by atoms with Crippen LogP contribution in [0.5, 0.6) is 0 Å². The lowest BCUT2D eigenvalue weighted by atomic mass is 9.97. The lowest BCUT2D eigenvalue weighted by Gasteiger charge is -2.19. The summed E-state index contributed by atoms with van der Waals surface area (Å²) in [6.07, 6.45) is 21.0. The van der Waals surface area contributed by atoms with Gasteiger partial charge in [-0.2, -0.15) is 0 Å². The molecule has 2 heterocycles. The van der Waals surface area contributed by atoms with Crippen LogP contribution in [0.2, 0.25) is 0 Å². The quantitative estimate of drug-likeness (QED) is 0.256. The fourth-order valence-corrected chi connectivity index (χ4v) is 4.38. The summed E-state index contributed by atoms with van der Waals surface area (Å²) in [6.45, 7) is 24.0. The number of hydrogen-bond acceptors (Lipinski definition) is 4. The molecule has 1 aliphatic heterocycles. The van der Waals surface area contributed by atoms with E-state index in [0.29, 0.717) is 33.2 Å². The van der Waals surface area contributed by atoms with Crippen molar-refractivity contribution in [3.63, 3.8) is 0 Å². The first-order valence-electron chi connectivity index (χ1n) is 13.3. The predicted octanol–water partition coefficient (Wildman–Crippen LogP) is 7.12. The Morgan fingerprint density at radius 2 is 1.95 bits per heavy atom. The zero-order chi connectivity index (χ0) is 28.5. The summed E-state index contributed by atoms with van der Waals surface area (Å²) in [6, 6.07) is 0.